The minimum absolute atomic E-state index is 0.0306. The molecule has 0 bridgehead atoms. The number of hydrogen-bond acceptors (Lipinski definition) is 4. The lowest BCUT2D eigenvalue weighted by Gasteiger charge is -2.13. The topological polar surface area (TPSA) is 117 Å². The minimum atomic E-state index is -4.01. The Morgan fingerprint density at radius 1 is 0.912 bits per heavy atom. The van der Waals surface area contributed by atoms with Crippen molar-refractivity contribution in [1.29, 1.82) is 0 Å². The molecule has 5 aromatic rings. The van der Waals surface area contributed by atoms with E-state index in [-0.39, 0.29) is 10.4 Å². The van der Waals surface area contributed by atoms with Crippen molar-refractivity contribution in [2.24, 2.45) is 7.05 Å². The Morgan fingerprint density at radius 3 is 2.29 bits per heavy atom. The highest BCUT2D eigenvalue weighted by atomic mass is 35.5. The predicted molar refractivity (Wildman–Crippen MR) is 134 cm³/mol. The Balaban J connectivity index is 1.53. The molecule has 0 atom stereocenters. The van der Waals surface area contributed by atoms with E-state index in [9.17, 15) is 18.0 Å². The SMILES string of the molecule is Cc1cc2[nH]c(=O)c(=O)[nH]c2cc1S(=O)(=O)Nc1ccc(-c2cn(C)c3ccccc23)c(Cl)c1. The first-order valence-corrected chi connectivity index (χ1v) is 12.1. The maximum Gasteiger partial charge on any atom is 0.314 e. The minimum Gasteiger partial charge on any atom is -0.350 e. The van der Waals surface area contributed by atoms with Gasteiger partial charge < -0.3 is 14.5 Å². The third-order valence-electron chi connectivity index (χ3n) is 5.72. The van der Waals surface area contributed by atoms with E-state index in [0.29, 0.717) is 21.8 Å². The summed E-state index contributed by atoms with van der Waals surface area (Å²) in [5.74, 6) is 0. The first-order chi connectivity index (χ1) is 16.1. The summed E-state index contributed by atoms with van der Waals surface area (Å²) in [5.41, 5.74) is 2.37. The van der Waals surface area contributed by atoms with Crippen molar-refractivity contribution in [3.05, 3.63) is 92.1 Å². The molecule has 0 aliphatic rings. The van der Waals surface area contributed by atoms with Crippen molar-refractivity contribution in [3.8, 4) is 11.1 Å². The predicted octanol–water partition coefficient (Wildman–Crippen LogP) is 4.14. The summed E-state index contributed by atoms with van der Waals surface area (Å²) in [6, 6.07) is 15.8. The van der Waals surface area contributed by atoms with Gasteiger partial charge in [0, 0.05) is 35.3 Å². The molecule has 0 saturated heterocycles. The Morgan fingerprint density at radius 2 is 1.59 bits per heavy atom. The van der Waals surface area contributed by atoms with Gasteiger partial charge in [0.25, 0.3) is 10.0 Å². The fourth-order valence-corrected chi connectivity index (χ4v) is 5.69. The summed E-state index contributed by atoms with van der Waals surface area (Å²) in [4.78, 5) is 28.0. The molecule has 8 nitrogen and oxygen atoms in total. The van der Waals surface area contributed by atoms with Gasteiger partial charge in [-0.05, 0) is 42.8 Å². The number of rotatable bonds is 4. The highest BCUT2D eigenvalue weighted by Gasteiger charge is 2.20. The molecule has 0 amide bonds. The lowest BCUT2D eigenvalue weighted by atomic mass is 10.0. The molecule has 3 N–H and O–H groups in total. The van der Waals surface area contributed by atoms with E-state index < -0.39 is 21.1 Å². The van der Waals surface area contributed by atoms with E-state index in [1.54, 1.807) is 25.1 Å². The summed E-state index contributed by atoms with van der Waals surface area (Å²) in [6.45, 7) is 1.61. The van der Waals surface area contributed by atoms with Crippen molar-refractivity contribution < 1.29 is 8.42 Å². The smallest absolute Gasteiger partial charge is 0.314 e. The van der Waals surface area contributed by atoms with Crippen LogP contribution in [0.3, 0.4) is 0 Å². The van der Waals surface area contributed by atoms with Gasteiger partial charge in [-0.1, -0.05) is 35.9 Å². The molecular weight excluding hydrogens is 476 g/mol. The third kappa shape index (κ3) is 3.68. The zero-order valence-electron chi connectivity index (χ0n) is 18.1. The molecule has 0 spiro atoms. The van der Waals surface area contributed by atoms with E-state index in [1.165, 1.54) is 12.1 Å². The Hall–Kier alpha value is -3.82. The number of nitrogens with one attached hydrogen (secondary N) is 3. The highest BCUT2D eigenvalue weighted by molar-refractivity contribution is 7.92. The molecule has 10 heteroatoms. The molecule has 3 aromatic carbocycles. The molecule has 0 aliphatic heterocycles. The van der Waals surface area contributed by atoms with Crippen molar-refractivity contribution in [1.82, 2.24) is 14.5 Å². The van der Waals surface area contributed by atoms with Crippen LogP contribution in [0.1, 0.15) is 5.56 Å². The fraction of sp³-hybridized carbons (Fsp3) is 0.0833. The quantitative estimate of drug-likeness (QED) is 0.325. The number of benzene rings is 3. The molecule has 172 valence electrons. The molecule has 0 aliphatic carbocycles. The second-order valence-electron chi connectivity index (χ2n) is 8.04. The number of aromatic nitrogens is 3. The molecule has 0 saturated carbocycles. The van der Waals surface area contributed by atoms with Crippen LogP contribution in [0.5, 0.6) is 0 Å². The van der Waals surface area contributed by atoms with Gasteiger partial charge in [-0.3, -0.25) is 14.3 Å². The van der Waals surface area contributed by atoms with Gasteiger partial charge in [-0.25, -0.2) is 8.42 Å². The van der Waals surface area contributed by atoms with E-state index in [0.717, 1.165) is 22.0 Å². The second kappa shape index (κ2) is 7.89. The van der Waals surface area contributed by atoms with Crippen LogP contribution >= 0.6 is 11.6 Å². The third-order valence-corrected chi connectivity index (χ3v) is 7.55. The van der Waals surface area contributed by atoms with E-state index in [4.69, 9.17) is 11.6 Å². The molecule has 0 unspecified atom stereocenters. The standard InChI is InChI=1S/C24H19ClN4O4S/c1-13-9-19-20(27-24(31)23(30)26-19)11-22(13)34(32,33)28-14-7-8-15(18(25)10-14)17-12-29(2)21-6-4-3-5-16(17)21/h3-12,28H,1-2H3,(H,26,30)(H,27,31). The van der Waals surface area contributed by atoms with Crippen LogP contribution < -0.4 is 15.8 Å². The average Bonchev–Trinajstić information content (AvgIpc) is 3.11. The van der Waals surface area contributed by atoms with Crippen LogP contribution in [0.4, 0.5) is 5.69 Å². The highest BCUT2D eigenvalue weighted by Crippen LogP contribution is 2.36. The van der Waals surface area contributed by atoms with Crippen LogP contribution in [0.15, 0.2) is 75.3 Å². The van der Waals surface area contributed by atoms with Crippen LogP contribution in [-0.4, -0.2) is 23.0 Å². The van der Waals surface area contributed by atoms with Crippen molar-refractivity contribution in [3.63, 3.8) is 0 Å². The lowest BCUT2D eigenvalue weighted by Crippen LogP contribution is -2.29. The number of anilines is 1. The molecule has 0 radical (unpaired) electrons. The van der Waals surface area contributed by atoms with E-state index >= 15 is 0 Å². The van der Waals surface area contributed by atoms with Crippen LogP contribution in [0.2, 0.25) is 5.02 Å². The lowest BCUT2D eigenvalue weighted by molar-refractivity contribution is 0.600. The number of sulfonamides is 1. The summed E-state index contributed by atoms with van der Waals surface area (Å²) < 4.78 is 30.8. The molecule has 2 aromatic heterocycles. The molecule has 0 fully saturated rings. The Labute approximate surface area is 198 Å². The number of para-hydroxylation sites is 1. The Kier molecular flexibility index (Phi) is 5.11. The zero-order chi connectivity index (χ0) is 24.2. The maximum absolute atomic E-state index is 13.1. The number of aryl methyl sites for hydroxylation is 2. The number of fused-ring (bicyclic) bond motifs is 2. The van der Waals surface area contributed by atoms with Gasteiger partial charge in [-0.2, -0.15) is 0 Å². The summed E-state index contributed by atoms with van der Waals surface area (Å²) in [6.07, 6.45) is 1.99. The average molecular weight is 495 g/mol. The summed E-state index contributed by atoms with van der Waals surface area (Å²) in [7, 11) is -2.05. The van der Waals surface area contributed by atoms with Crippen molar-refractivity contribution in [2.45, 2.75) is 11.8 Å². The van der Waals surface area contributed by atoms with Gasteiger partial charge in [0.2, 0.25) is 0 Å². The van der Waals surface area contributed by atoms with Gasteiger partial charge in [0.05, 0.1) is 26.6 Å². The maximum atomic E-state index is 13.1. The van der Waals surface area contributed by atoms with Crippen LogP contribution in [0, 0.1) is 6.92 Å². The summed E-state index contributed by atoms with van der Waals surface area (Å²) >= 11 is 6.57. The molecule has 5 rings (SSSR count). The summed E-state index contributed by atoms with van der Waals surface area (Å²) in [5, 5.41) is 1.44. The van der Waals surface area contributed by atoms with Crippen LogP contribution in [-0.2, 0) is 17.1 Å². The first-order valence-electron chi connectivity index (χ1n) is 10.3. The van der Waals surface area contributed by atoms with Gasteiger partial charge >= 0.3 is 11.1 Å². The van der Waals surface area contributed by atoms with E-state index in [1.807, 2.05) is 42.1 Å². The molecular formula is C24H19ClN4O4S. The number of H-pyrrole nitrogens is 2. The molecule has 34 heavy (non-hydrogen) atoms. The number of nitrogens with zero attached hydrogens (tertiary/aromatic N) is 1. The molecule has 2 heterocycles. The van der Waals surface area contributed by atoms with Crippen LogP contribution in [0.25, 0.3) is 33.1 Å². The monoisotopic (exact) mass is 494 g/mol. The van der Waals surface area contributed by atoms with Crippen molar-refractivity contribution in [2.75, 3.05) is 4.72 Å². The largest absolute Gasteiger partial charge is 0.350 e. The number of halogens is 1. The Bertz CT molecular complexity index is 1830. The van der Waals surface area contributed by atoms with Gasteiger partial charge in [-0.15, -0.1) is 0 Å². The first kappa shape index (κ1) is 22.0. The fourth-order valence-electron chi connectivity index (χ4n) is 4.11. The van der Waals surface area contributed by atoms with Crippen molar-refractivity contribution >= 4 is 49.2 Å². The van der Waals surface area contributed by atoms with E-state index in [2.05, 4.69) is 14.7 Å². The zero-order valence-corrected chi connectivity index (χ0v) is 19.7. The van der Waals surface area contributed by atoms with Gasteiger partial charge in [0.1, 0.15) is 0 Å². The normalized spacial score (nSPS) is 11.9. The number of hydrogen-bond donors (Lipinski definition) is 3. The van der Waals surface area contributed by atoms with Gasteiger partial charge in [0.15, 0.2) is 0 Å². The second-order valence-corrected chi connectivity index (χ2v) is 10.1. The number of aromatic amines is 2.